The molecular formula is C11H17N3O2S. The van der Waals surface area contributed by atoms with Crippen LogP contribution in [0, 0.1) is 0 Å². The van der Waals surface area contributed by atoms with Crippen LogP contribution in [0.5, 0.6) is 0 Å². The molecule has 0 spiro atoms. The molecule has 0 unspecified atom stereocenters. The van der Waals surface area contributed by atoms with Gasteiger partial charge in [-0.2, -0.15) is 4.31 Å². The number of nitrogens with one attached hydrogen (secondary N) is 1. The highest BCUT2D eigenvalue weighted by atomic mass is 32.2. The zero-order chi connectivity index (χ0) is 12.3. The molecule has 2 rings (SSSR count). The second-order valence-electron chi connectivity index (χ2n) is 4.09. The molecule has 2 heterocycles. The average molecular weight is 255 g/mol. The topological polar surface area (TPSA) is 62.3 Å². The van der Waals surface area contributed by atoms with E-state index in [0.29, 0.717) is 18.9 Å². The second kappa shape index (κ2) is 5.01. The molecule has 1 aromatic heterocycles. The molecule has 1 saturated heterocycles. The number of hydrogen-bond acceptors (Lipinski definition) is 4. The molecule has 94 valence electrons. The second-order valence-corrected chi connectivity index (χ2v) is 6.03. The van der Waals surface area contributed by atoms with Gasteiger partial charge in [-0.25, -0.2) is 13.4 Å². The van der Waals surface area contributed by atoms with Crippen LogP contribution in [0.1, 0.15) is 19.3 Å². The average Bonchev–Trinajstić information content (AvgIpc) is 2.40. The highest BCUT2D eigenvalue weighted by Crippen LogP contribution is 2.20. The van der Waals surface area contributed by atoms with E-state index in [1.807, 2.05) is 0 Å². The van der Waals surface area contributed by atoms with Crippen LogP contribution in [0.15, 0.2) is 23.2 Å². The molecule has 0 saturated carbocycles. The molecule has 0 bridgehead atoms. The lowest BCUT2D eigenvalue weighted by Crippen LogP contribution is -2.35. The lowest BCUT2D eigenvalue weighted by Gasteiger charge is -2.25. The smallest absolute Gasteiger partial charge is 0.244 e. The summed E-state index contributed by atoms with van der Waals surface area (Å²) in [6, 6.07) is 3.28. The van der Waals surface area contributed by atoms with Crippen LogP contribution in [0.3, 0.4) is 0 Å². The molecule has 1 aromatic rings. The largest absolute Gasteiger partial charge is 0.373 e. The number of anilines is 1. The standard InChI is InChI=1S/C11H17N3O2S/c1-12-11-6-5-10(9-13-11)17(15,16)14-7-3-2-4-8-14/h5-6,9H,2-4,7-8H2,1H3,(H,12,13). The first kappa shape index (κ1) is 12.3. The maximum absolute atomic E-state index is 12.3. The van der Waals surface area contributed by atoms with E-state index in [4.69, 9.17) is 0 Å². The fraction of sp³-hybridized carbons (Fsp3) is 0.545. The fourth-order valence-corrected chi connectivity index (χ4v) is 3.40. The summed E-state index contributed by atoms with van der Waals surface area (Å²) in [5.74, 6) is 0.669. The van der Waals surface area contributed by atoms with E-state index in [1.54, 1.807) is 23.5 Å². The maximum Gasteiger partial charge on any atom is 0.244 e. The van der Waals surface area contributed by atoms with Crippen molar-refractivity contribution in [3.8, 4) is 0 Å². The van der Waals surface area contributed by atoms with Gasteiger partial charge in [0.1, 0.15) is 10.7 Å². The molecule has 0 aliphatic carbocycles. The van der Waals surface area contributed by atoms with Crippen molar-refractivity contribution < 1.29 is 8.42 Å². The van der Waals surface area contributed by atoms with Crippen molar-refractivity contribution in [2.45, 2.75) is 24.2 Å². The first-order valence-electron chi connectivity index (χ1n) is 5.78. The minimum absolute atomic E-state index is 0.276. The number of piperidine rings is 1. The summed E-state index contributed by atoms with van der Waals surface area (Å²) in [6.45, 7) is 1.24. The van der Waals surface area contributed by atoms with Gasteiger partial charge in [0.05, 0.1) is 0 Å². The molecule has 6 heteroatoms. The van der Waals surface area contributed by atoms with E-state index < -0.39 is 10.0 Å². The summed E-state index contributed by atoms with van der Waals surface area (Å²) in [7, 11) is -1.59. The molecule has 1 N–H and O–H groups in total. The Hall–Kier alpha value is -1.14. The van der Waals surface area contributed by atoms with Crippen LogP contribution in [0.25, 0.3) is 0 Å². The predicted molar refractivity (Wildman–Crippen MR) is 66.4 cm³/mol. The summed E-state index contributed by atoms with van der Waals surface area (Å²) in [5.41, 5.74) is 0. The summed E-state index contributed by atoms with van der Waals surface area (Å²) >= 11 is 0. The number of sulfonamides is 1. The summed E-state index contributed by atoms with van der Waals surface area (Å²) in [5, 5.41) is 2.87. The van der Waals surface area contributed by atoms with Crippen LogP contribution in [0.4, 0.5) is 5.82 Å². The van der Waals surface area contributed by atoms with Crippen molar-refractivity contribution >= 4 is 15.8 Å². The Morgan fingerprint density at radius 1 is 1.24 bits per heavy atom. The van der Waals surface area contributed by atoms with Crippen LogP contribution < -0.4 is 5.32 Å². The Balaban J connectivity index is 2.23. The maximum atomic E-state index is 12.3. The highest BCUT2D eigenvalue weighted by molar-refractivity contribution is 7.89. The van der Waals surface area contributed by atoms with Crippen molar-refractivity contribution in [3.63, 3.8) is 0 Å². The van der Waals surface area contributed by atoms with E-state index in [0.717, 1.165) is 19.3 Å². The lowest BCUT2D eigenvalue weighted by molar-refractivity contribution is 0.346. The predicted octanol–water partition coefficient (Wildman–Crippen LogP) is 1.30. The molecule has 1 aliphatic rings. The number of rotatable bonds is 3. The Morgan fingerprint density at radius 3 is 2.47 bits per heavy atom. The Labute approximate surface area is 102 Å². The van der Waals surface area contributed by atoms with E-state index >= 15 is 0 Å². The minimum atomic E-state index is -3.34. The van der Waals surface area contributed by atoms with Crippen LogP contribution in [-0.4, -0.2) is 37.8 Å². The van der Waals surface area contributed by atoms with Gasteiger partial charge in [-0.05, 0) is 25.0 Å². The highest BCUT2D eigenvalue weighted by Gasteiger charge is 2.25. The third-order valence-electron chi connectivity index (χ3n) is 2.95. The number of nitrogens with zero attached hydrogens (tertiary/aromatic N) is 2. The molecule has 1 fully saturated rings. The van der Waals surface area contributed by atoms with Gasteiger partial charge < -0.3 is 5.32 Å². The normalized spacial score (nSPS) is 17.9. The minimum Gasteiger partial charge on any atom is -0.373 e. The van der Waals surface area contributed by atoms with Gasteiger partial charge in [0, 0.05) is 26.3 Å². The zero-order valence-corrected chi connectivity index (χ0v) is 10.7. The molecule has 1 aliphatic heterocycles. The molecular weight excluding hydrogens is 238 g/mol. The molecule has 0 aromatic carbocycles. The van der Waals surface area contributed by atoms with Gasteiger partial charge in [0.25, 0.3) is 0 Å². The summed E-state index contributed by atoms with van der Waals surface area (Å²) in [6.07, 6.45) is 4.42. The number of hydrogen-bond donors (Lipinski definition) is 1. The Morgan fingerprint density at radius 2 is 1.94 bits per heavy atom. The fourth-order valence-electron chi connectivity index (χ4n) is 1.94. The van der Waals surface area contributed by atoms with Gasteiger partial charge in [-0.15, -0.1) is 0 Å². The third kappa shape index (κ3) is 2.58. The van der Waals surface area contributed by atoms with Gasteiger partial charge in [0.15, 0.2) is 0 Å². The molecule has 0 atom stereocenters. The summed E-state index contributed by atoms with van der Waals surface area (Å²) < 4.78 is 26.1. The van der Waals surface area contributed by atoms with E-state index in [9.17, 15) is 8.42 Å². The third-order valence-corrected chi connectivity index (χ3v) is 4.83. The lowest BCUT2D eigenvalue weighted by atomic mass is 10.2. The van der Waals surface area contributed by atoms with E-state index in [2.05, 4.69) is 10.3 Å². The van der Waals surface area contributed by atoms with Crippen LogP contribution in [-0.2, 0) is 10.0 Å². The zero-order valence-electron chi connectivity index (χ0n) is 9.89. The number of pyridine rings is 1. The first-order valence-corrected chi connectivity index (χ1v) is 7.22. The van der Waals surface area contributed by atoms with Gasteiger partial charge >= 0.3 is 0 Å². The molecule has 5 nitrogen and oxygen atoms in total. The van der Waals surface area contributed by atoms with E-state index in [1.165, 1.54) is 6.20 Å². The van der Waals surface area contributed by atoms with Crippen LogP contribution in [0.2, 0.25) is 0 Å². The quantitative estimate of drug-likeness (QED) is 0.884. The van der Waals surface area contributed by atoms with Crippen molar-refractivity contribution in [1.82, 2.24) is 9.29 Å². The van der Waals surface area contributed by atoms with E-state index in [-0.39, 0.29) is 4.90 Å². The van der Waals surface area contributed by atoms with Crippen molar-refractivity contribution in [2.24, 2.45) is 0 Å². The van der Waals surface area contributed by atoms with Crippen molar-refractivity contribution in [2.75, 3.05) is 25.5 Å². The summed E-state index contributed by atoms with van der Waals surface area (Å²) in [4.78, 5) is 4.32. The van der Waals surface area contributed by atoms with Gasteiger partial charge in [0.2, 0.25) is 10.0 Å². The molecule has 17 heavy (non-hydrogen) atoms. The SMILES string of the molecule is CNc1ccc(S(=O)(=O)N2CCCCC2)cn1. The first-order chi connectivity index (χ1) is 8.14. The van der Waals surface area contributed by atoms with Crippen LogP contribution >= 0.6 is 0 Å². The van der Waals surface area contributed by atoms with Crippen molar-refractivity contribution in [1.29, 1.82) is 0 Å². The monoisotopic (exact) mass is 255 g/mol. The Kier molecular flexibility index (Phi) is 3.63. The molecule has 0 radical (unpaired) electrons. The van der Waals surface area contributed by atoms with Gasteiger partial charge in [-0.3, -0.25) is 0 Å². The number of aromatic nitrogens is 1. The van der Waals surface area contributed by atoms with Gasteiger partial charge in [-0.1, -0.05) is 6.42 Å². The Bertz CT molecular complexity index is 464. The van der Waals surface area contributed by atoms with Crippen molar-refractivity contribution in [3.05, 3.63) is 18.3 Å². The molecule has 0 amide bonds.